The summed E-state index contributed by atoms with van der Waals surface area (Å²) >= 11 is 1.71. The maximum atomic E-state index is 9.57. The van der Waals surface area contributed by atoms with E-state index < -0.39 is 0 Å². The molecule has 23 heavy (non-hydrogen) atoms. The van der Waals surface area contributed by atoms with Crippen LogP contribution in [0.2, 0.25) is 0 Å². The monoisotopic (exact) mass is 322 g/mol. The van der Waals surface area contributed by atoms with Crippen molar-refractivity contribution in [2.45, 2.75) is 40.0 Å². The van der Waals surface area contributed by atoms with E-state index in [2.05, 4.69) is 31.8 Å². The van der Waals surface area contributed by atoms with Crippen LogP contribution in [0.4, 0.5) is 5.00 Å². The fraction of sp³-hybridized carbons (Fsp3) is 0.400. The van der Waals surface area contributed by atoms with Crippen LogP contribution >= 0.6 is 11.3 Å². The molecule has 0 saturated heterocycles. The first-order valence-corrected chi connectivity index (χ1v) is 8.94. The third-order valence-electron chi connectivity index (χ3n) is 4.71. The predicted molar refractivity (Wildman–Crippen MR) is 97.7 cm³/mol. The molecule has 2 nitrogen and oxygen atoms in total. The van der Waals surface area contributed by atoms with E-state index in [1.165, 1.54) is 16.9 Å². The molecule has 0 N–H and O–H groups in total. The van der Waals surface area contributed by atoms with E-state index in [4.69, 9.17) is 0 Å². The zero-order chi connectivity index (χ0) is 16.4. The highest BCUT2D eigenvalue weighted by molar-refractivity contribution is 7.16. The van der Waals surface area contributed by atoms with Gasteiger partial charge in [0.1, 0.15) is 11.1 Å². The van der Waals surface area contributed by atoms with E-state index in [1.807, 2.05) is 36.5 Å². The third-order valence-corrected chi connectivity index (χ3v) is 5.88. The lowest BCUT2D eigenvalue weighted by atomic mass is 9.72. The Bertz CT molecular complexity index is 757. The van der Waals surface area contributed by atoms with Crippen LogP contribution in [0.1, 0.15) is 48.8 Å². The highest BCUT2D eigenvalue weighted by Crippen LogP contribution is 2.44. The first-order valence-electron chi connectivity index (χ1n) is 8.13. The van der Waals surface area contributed by atoms with Gasteiger partial charge in [0.2, 0.25) is 0 Å². The van der Waals surface area contributed by atoms with Crippen LogP contribution in [0.15, 0.2) is 35.3 Å². The molecular weight excluding hydrogens is 300 g/mol. The van der Waals surface area contributed by atoms with Gasteiger partial charge in [-0.2, -0.15) is 5.26 Å². The van der Waals surface area contributed by atoms with Gasteiger partial charge >= 0.3 is 0 Å². The molecule has 0 bridgehead atoms. The minimum Gasteiger partial charge on any atom is -0.244 e. The Morgan fingerprint density at radius 3 is 2.65 bits per heavy atom. The average Bonchev–Trinajstić information content (AvgIpc) is 2.89. The number of benzene rings is 1. The van der Waals surface area contributed by atoms with Gasteiger partial charge in [-0.1, -0.05) is 51.1 Å². The van der Waals surface area contributed by atoms with Crippen LogP contribution < -0.4 is 0 Å². The van der Waals surface area contributed by atoms with Gasteiger partial charge in [-0.05, 0) is 41.7 Å². The van der Waals surface area contributed by atoms with Crippen molar-refractivity contribution in [3.05, 3.63) is 51.9 Å². The lowest BCUT2D eigenvalue weighted by molar-refractivity contribution is 0.218. The number of hydrogen-bond acceptors (Lipinski definition) is 3. The predicted octanol–water partition coefficient (Wildman–Crippen LogP) is 5.52. The summed E-state index contributed by atoms with van der Waals surface area (Å²) in [4.78, 5) is 5.98. The minimum atomic E-state index is 0.321. The molecule has 0 spiro atoms. The van der Waals surface area contributed by atoms with Crippen molar-refractivity contribution in [2.24, 2.45) is 16.3 Å². The summed E-state index contributed by atoms with van der Waals surface area (Å²) in [5.41, 5.74) is 3.43. The Morgan fingerprint density at radius 2 is 2.00 bits per heavy atom. The Kier molecular flexibility index (Phi) is 4.37. The Labute approximate surface area is 142 Å². The molecule has 1 aliphatic rings. The van der Waals surface area contributed by atoms with Crippen LogP contribution in [0, 0.1) is 22.7 Å². The van der Waals surface area contributed by atoms with Gasteiger partial charge in [-0.15, -0.1) is 11.3 Å². The van der Waals surface area contributed by atoms with Crippen LogP contribution in [-0.2, 0) is 12.8 Å². The second-order valence-corrected chi connectivity index (χ2v) is 8.35. The minimum absolute atomic E-state index is 0.321. The fourth-order valence-corrected chi connectivity index (χ4v) is 4.41. The molecule has 1 aromatic carbocycles. The molecule has 1 aromatic heterocycles. The number of thiophene rings is 1. The summed E-state index contributed by atoms with van der Waals surface area (Å²) in [6.07, 6.45) is 5.12. The SMILES string of the molecule is CC(C)(C)C1CCc2c(sc(/N=C/c3ccccc3)c2C#N)C1. The quantitative estimate of drug-likeness (QED) is 0.670. The second-order valence-electron chi connectivity index (χ2n) is 7.27. The van der Waals surface area contributed by atoms with Gasteiger partial charge in [-0.25, -0.2) is 4.99 Å². The summed E-state index contributed by atoms with van der Waals surface area (Å²) in [7, 11) is 0. The number of nitrogens with zero attached hydrogens (tertiary/aromatic N) is 2. The molecule has 118 valence electrons. The maximum absolute atomic E-state index is 9.57. The number of fused-ring (bicyclic) bond motifs is 1. The van der Waals surface area contributed by atoms with Crippen molar-refractivity contribution in [2.75, 3.05) is 0 Å². The maximum Gasteiger partial charge on any atom is 0.134 e. The molecule has 3 rings (SSSR count). The summed E-state index contributed by atoms with van der Waals surface area (Å²) in [5, 5.41) is 10.4. The summed E-state index contributed by atoms with van der Waals surface area (Å²) in [6, 6.07) is 12.4. The highest BCUT2D eigenvalue weighted by atomic mass is 32.1. The van der Waals surface area contributed by atoms with Crippen molar-refractivity contribution in [1.29, 1.82) is 5.26 Å². The smallest absolute Gasteiger partial charge is 0.134 e. The zero-order valence-corrected chi connectivity index (χ0v) is 14.8. The van der Waals surface area contributed by atoms with E-state index in [1.54, 1.807) is 11.3 Å². The molecule has 2 aromatic rings. The van der Waals surface area contributed by atoms with Gasteiger partial charge < -0.3 is 0 Å². The molecule has 1 aliphatic carbocycles. The number of rotatable bonds is 2. The van der Waals surface area contributed by atoms with E-state index in [0.29, 0.717) is 11.3 Å². The van der Waals surface area contributed by atoms with Gasteiger partial charge in [0.25, 0.3) is 0 Å². The van der Waals surface area contributed by atoms with Crippen molar-refractivity contribution < 1.29 is 0 Å². The lowest BCUT2D eigenvalue weighted by Crippen LogP contribution is -2.26. The number of nitriles is 1. The van der Waals surface area contributed by atoms with Crippen LogP contribution in [0.3, 0.4) is 0 Å². The Balaban J connectivity index is 1.91. The molecule has 1 unspecified atom stereocenters. The fourth-order valence-electron chi connectivity index (χ4n) is 3.19. The average molecular weight is 322 g/mol. The van der Waals surface area contributed by atoms with E-state index in [9.17, 15) is 5.26 Å². The summed E-state index contributed by atoms with van der Waals surface area (Å²) < 4.78 is 0. The van der Waals surface area contributed by atoms with Gasteiger partial charge in [0.15, 0.2) is 0 Å². The van der Waals surface area contributed by atoms with E-state index >= 15 is 0 Å². The van der Waals surface area contributed by atoms with Crippen molar-refractivity contribution in [3.63, 3.8) is 0 Å². The molecule has 0 fully saturated rings. The van der Waals surface area contributed by atoms with Crippen LogP contribution in [-0.4, -0.2) is 6.21 Å². The first kappa shape index (κ1) is 16.0. The summed E-state index contributed by atoms with van der Waals surface area (Å²) in [5.74, 6) is 0.686. The molecule has 0 saturated carbocycles. The molecular formula is C20H22N2S. The molecule has 1 atom stereocenters. The molecule has 0 radical (unpaired) electrons. The van der Waals surface area contributed by atoms with E-state index in [0.717, 1.165) is 29.0 Å². The summed E-state index contributed by atoms with van der Waals surface area (Å²) in [6.45, 7) is 6.95. The molecule has 0 aliphatic heterocycles. The standard InChI is InChI=1S/C20H22N2S/c1-20(2,3)15-9-10-16-17(12-21)19(23-18(16)11-15)22-13-14-7-5-4-6-8-14/h4-8,13,15H,9-11H2,1-3H3/b22-13+. The highest BCUT2D eigenvalue weighted by Gasteiger charge is 2.31. The van der Waals surface area contributed by atoms with Gasteiger partial charge in [-0.3, -0.25) is 0 Å². The second kappa shape index (κ2) is 6.29. The number of hydrogen-bond donors (Lipinski definition) is 0. The zero-order valence-electron chi connectivity index (χ0n) is 14.0. The van der Waals surface area contributed by atoms with Crippen molar-refractivity contribution >= 4 is 22.6 Å². The molecule has 0 amide bonds. The first-order chi connectivity index (χ1) is 11.0. The van der Waals surface area contributed by atoms with Crippen LogP contribution in [0.5, 0.6) is 0 Å². The topological polar surface area (TPSA) is 36.1 Å². The van der Waals surface area contributed by atoms with E-state index in [-0.39, 0.29) is 0 Å². The van der Waals surface area contributed by atoms with Crippen LogP contribution in [0.25, 0.3) is 0 Å². The Morgan fingerprint density at radius 1 is 1.26 bits per heavy atom. The van der Waals surface area contributed by atoms with Gasteiger partial charge in [0, 0.05) is 11.1 Å². The lowest BCUT2D eigenvalue weighted by Gasteiger charge is -2.33. The number of aliphatic imine (C=N–C) groups is 1. The third kappa shape index (κ3) is 3.38. The van der Waals surface area contributed by atoms with Crippen molar-refractivity contribution in [3.8, 4) is 6.07 Å². The van der Waals surface area contributed by atoms with Crippen molar-refractivity contribution in [1.82, 2.24) is 0 Å². The Hall–Kier alpha value is -1.92. The molecule has 3 heteroatoms. The van der Waals surface area contributed by atoms with Gasteiger partial charge in [0.05, 0.1) is 5.56 Å². The molecule has 1 heterocycles. The largest absolute Gasteiger partial charge is 0.244 e. The normalized spacial score (nSPS) is 17.9.